The molecule has 2 rings (SSSR count). The van der Waals surface area contributed by atoms with Crippen LogP contribution < -0.4 is 5.73 Å². The number of aryl methyl sites for hydroxylation is 1. The largest absolute Gasteiger partial charge is 0.329 e. The van der Waals surface area contributed by atoms with Gasteiger partial charge in [-0.25, -0.2) is 0 Å². The molecule has 0 bridgehead atoms. The Kier molecular flexibility index (Phi) is 2.56. The molecular formula is C10H12BrN3. The SMILES string of the molecule is Cc1cccc2c(Br)n(CCN)nc12. The van der Waals surface area contributed by atoms with Crippen molar-refractivity contribution in [3.63, 3.8) is 0 Å². The van der Waals surface area contributed by atoms with Gasteiger partial charge in [0.2, 0.25) is 0 Å². The van der Waals surface area contributed by atoms with E-state index in [1.807, 2.05) is 10.7 Å². The Hall–Kier alpha value is -0.870. The van der Waals surface area contributed by atoms with Gasteiger partial charge in [0.15, 0.2) is 0 Å². The maximum absolute atomic E-state index is 5.51. The summed E-state index contributed by atoms with van der Waals surface area (Å²) >= 11 is 3.53. The molecule has 3 nitrogen and oxygen atoms in total. The van der Waals surface area contributed by atoms with Gasteiger partial charge < -0.3 is 5.73 Å². The Bertz CT molecular complexity index is 462. The summed E-state index contributed by atoms with van der Waals surface area (Å²) < 4.78 is 2.92. The Morgan fingerprint density at radius 1 is 1.50 bits per heavy atom. The van der Waals surface area contributed by atoms with Crippen molar-refractivity contribution < 1.29 is 0 Å². The van der Waals surface area contributed by atoms with E-state index in [2.05, 4.69) is 40.1 Å². The van der Waals surface area contributed by atoms with E-state index in [-0.39, 0.29) is 0 Å². The van der Waals surface area contributed by atoms with Crippen LogP contribution in [-0.4, -0.2) is 16.3 Å². The van der Waals surface area contributed by atoms with Crippen LogP contribution >= 0.6 is 15.9 Å². The average Bonchev–Trinajstić information content (AvgIpc) is 2.48. The Morgan fingerprint density at radius 2 is 2.29 bits per heavy atom. The van der Waals surface area contributed by atoms with Gasteiger partial charge in [0.05, 0.1) is 12.1 Å². The first-order chi connectivity index (χ1) is 6.74. The Morgan fingerprint density at radius 3 is 2.93 bits per heavy atom. The van der Waals surface area contributed by atoms with E-state index in [9.17, 15) is 0 Å². The maximum atomic E-state index is 5.51. The molecule has 0 unspecified atom stereocenters. The van der Waals surface area contributed by atoms with Gasteiger partial charge in [0.1, 0.15) is 4.60 Å². The van der Waals surface area contributed by atoms with Crippen molar-refractivity contribution in [3.8, 4) is 0 Å². The van der Waals surface area contributed by atoms with Crippen LogP contribution in [0.2, 0.25) is 0 Å². The molecule has 0 radical (unpaired) electrons. The molecule has 1 aromatic heterocycles. The van der Waals surface area contributed by atoms with E-state index >= 15 is 0 Å². The number of fused-ring (bicyclic) bond motifs is 1. The number of aromatic nitrogens is 2. The van der Waals surface area contributed by atoms with Gasteiger partial charge in [-0.1, -0.05) is 18.2 Å². The number of hydrogen-bond acceptors (Lipinski definition) is 2. The third-order valence-corrected chi connectivity index (χ3v) is 3.08. The van der Waals surface area contributed by atoms with E-state index in [4.69, 9.17) is 5.73 Å². The summed E-state index contributed by atoms with van der Waals surface area (Å²) in [6.07, 6.45) is 0. The van der Waals surface area contributed by atoms with Gasteiger partial charge in [0, 0.05) is 11.9 Å². The van der Waals surface area contributed by atoms with Crippen LogP contribution in [0.3, 0.4) is 0 Å². The maximum Gasteiger partial charge on any atom is 0.112 e. The molecule has 0 saturated heterocycles. The highest BCUT2D eigenvalue weighted by atomic mass is 79.9. The molecule has 0 amide bonds. The van der Waals surface area contributed by atoms with E-state index in [1.165, 1.54) is 5.56 Å². The minimum atomic E-state index is 0.603. The summed E-state index contributed by atoms with van der Waals surface area (Å²) in [4.78, 5) is 0. The number of hydrogen-bond donors (Lipinski definition) is 1. The molecule has 1 aromatic carbocycles. The first kappa shape index (κ1) is 9.68. The quantitative estimate of drug-likeness (QED) is 0.891. The molecule has 14 heavy (non-hydrogen) atoms. The van der Waals surface area contributed by atoms with Gasteiger partial charge in [-0.15, -0.1) is 0 Å². The normalized spacial score (nSPS) is 11.1. The zero-order chi connectivity index (χ0) is 10.1. The van der Waals surface area contributed by atoms with Gasteiger partial charge in [-0.05, 0) is 28.4 Å². The highest BCUT2D eigenvalue weighted by molar-refractivity contribution is 9.10. The highest BCUT2D eigenvalue weighted by Gasteiger charge is 2.08. The second kappa shape index (κ2) is 3.71. The second-order valence-corrected chi connectivity index (χ2v) is 4.02. The third-order valence-electron chi connectivity index (χ3n) is 2.25. The molecule has 0 spiro atoms. The Labute approximate surface area is 91.0 Å². The lowest BCUT2D eigenvalue weighted by atomic mass is 10.2. The van der Waals surface area contributed by atoms with Crippen molar-refractivity contribution in [1.29, 1.82) is 0 Å². The first-order valence-corrected chi connectivity index (χ1v) is 5.35. The summed E-state index contributed by atoms with van der Waals surface area (Å²) in [6.45, 7) is 3.41. The molecule has 0 aliphatic carbocycles. The fraction of sp³-hybridized carbons (Fsp3) is 0.300. The number of nitrogens with zero attached hydrogens (tertiary/aromatic N) is 2. The van der Waals surface area contributed by atoms with Crippen molar-refractivity contribution >= 4 is 26.8 Å². The zero-order valence-corrected chi connectivity index (χ0v) is 9.58. The fourth-order valence-electron chi connectivity index (χ4n) is 1.53. The summed E-state index contributed by atoms with van der Waals surface area (Å²) in [5, 5.41) is 5.64. The van der Waals surface area contributed by atoms with Gasteiger partial charge in [0.25, 0.3) is 0 Å². The standard InChI is InChI=1S/C10H12BrN3/c1-7-3-2-4-8-9(7)13-14(6-5-12)10(8)11/h2-4H,5-6,12H2,1H3. The summed E-state index contributed by atoms with van der Waals surface area (Å²) in [6, 6.07) is 6.16. The van der Waals surface area contributed by atoms with E-state index < -0.39 is 0 Å². The van der Waals surface area contributed by atoms with Crippen molar-refractivity contribution in [2.24, 2.45) is 5.73 Å². The molecule has 0 aliphatic rings. The molecular weight excluding hydrogens is 242 g/mol. The van der Waals surface area contributed by atoms with Gasteiger partial charge in [-0.2, -0.15) is 5.10 Å². The van der Waals surface area contributed by atoms with Crippen molar-refractivity contribution in [2.45, 2.75) is 13.5 Å². The number of halogens is 1. The molecule has 2 N–H and O–H groups in total. The predicted octanol–water partition coefficient (Wildman–Crippen LogP) is 2.07. The molecule has 4 heteroatoms. The lowest BCUT2D eigenvalue weighted by Gasteiger charge is -1.98. The van der Waals surface area contributed by atoms with Gasteiger partial charge in [-0.3, -0.25) is 4.68 Å². The molecule has 2 aromatic rings. The predicted molar refractivity (Wildman–Crippen MR) is 61.2 cm³/mol. The highest BCUT2D eigenvalue weighted by Crippen LogP contribution is 2.25. The molecule has 1 heterocycles. The average molecular weight is 254 g/mol. The van der Waals surface area contributed by atoms with Gasteiger partial charge >= 0.3 is 0 Å². The monoisotopic (exact) mass is 253 g/mol. The van der Waals surface area contributed by atoms with Crippen molar-refractivity contribution in [3.05, 3.63) is 28.4 Å². The van der Waals surface area contributed by atoms with Crippen LogP contribution in [0.25, 0.3) is 10.9 Å². The molecule has 0 aliphatic heterocycles. The van der Waals surface area contributed by atoms with Crippen molar-refractivity contribution in [1.82, 2.24) is 9.78 Å². The lowest BCUT2D eigenvalue weighted by Crippen LogP contribution is -2.11. The minimum absolute atomic E-state index is 0.603. The molecule has 0 saturated carbocycles. The number of nitrogens with two attached hydrogens (primary N) is 1. The van der Waals surface area contributed by atoms with Crippen LogP contribution in [0.5, 0.6) is 0 Å². The van der Waals surface area contributed by atoms with E-state index in [1.54, 1.807) is 0 Å². The lowest BCUT2D eigenvalue weighted by molar-refractivity contribution is 0.619. The van der Waals surface area contributed by atoms with E-state index in [0.29, 0.717) is 6.54 Å². The molecule has 74 valence electrons. The van der Waals surface area contributed by atoms with Crippen LogP contribution in [-0.2, 0) is 6.54 Å². The smallest absolute Gasteiger partial charge is 0.112 e. The van der Waals surface area contributed by atoms with Crippen LogP contribution in [0.4, 0.5) is 0 Å². The van der Waals surface area contributed by atoms with Crippen molar-refractivity contribution in [2.75, 3.05) is 6.54 Å². The molecule has 0 atom stereocenters. The third kappa shape index (κ3) is 1.44. The van der Waals surface area contributed by atoms with E-state index in [0.717, 1.165) is 22.1 Å². The second-order valence-electron chi connectivity index (χ2n) is 3.27. The summed E-state index contributed by atoms with van der Waals surface area (Å²) in [7, 11) is 0. The molecule has 0 fully saturated rings. The summed E-state index contributed by atoms with van der Waals surface area (Å²) in [5.41, 5.74) is 7.75. The summed E-state index contributed by atoms with van der Waals surface area (Å²) in [5.74, 6) is 0. The number of benzene rings is 1. The van der Waals surface area contributed by atoms with Crippen LogP contribution in [0, 0.1) is 6.92 Å². The topological polar surface area (TPSA) is 43.8 Å². The zero-order valence-electron chi connectivity index (χ0n) is 8.00. The van der Waals surface area contributed by atoms with Crippen LogP contribution in [0.15, 0.2) is 22.8 Å². The Balaban J connectivity index is 2.67. The fourth-order valence-corrected chi connectivity index (χ4v) is 2.11. The van der Waals surface area contributed by atoms with Crippen LogP contribution in [0.1, 0.15) is 5.56 Å². The first-order valence-electron chi connectivity index (χ1n) is 4.55. The number of rotatable bonds is 2. The minimum Gasteiger partial charge on any atom is -0.329 e.